The van der Waals surface area contributed by atoms with Crippen LogP contribution in [-0.2, 0) is 4.74 Å². The molecule has 2 unspecified atom stereocenters. The molecule has 2 aliphatic rings. The summed E-state index contributed by atoms with van der Waals surface area (Å²) in [5.41, 5.74) is 0.335. The van der Waals surface area contributed by atoms with Gasteiger partial charge in [0.05, 0.1) is 6.61 Å². The van der Waals surface area contributed by atoms with Crippen molar-refractivity contribution in [3.8, 4) is 0 Å². The topological polar surface area (TPSA) is 27.7 Å². The van der Waals surface area contributed by atoms with Crippen molar-refractivity contribution in [2.75, 3.05) is 60.0 Å². The molecule has 0 aromatic heterocycles. The summed E-state index contributed by atoms with van der Waals surface area (Å²) in [7, 11) is 4.44. The zero-order valence-corrected chi connectivity index (χ0v) is 14.4. The predicted octanol–water partition coefficient (Wildman–Crippen LogP) is 1.81. The van der Waals surface area contributed by atoms with Gasteiger partial charge in [-0.05, 0) is 59.3 Å². The zero-order chi connectivity index (χ0) is 15.1. The van der Waals surface area contributed by atoms with E-state index in [0.29, 0.717) is 5.41 Å². The number of hydrogen-bond acceptors (Lipinski definition) is 4. The SMILES string of the molecule is CCCNCC1(CN2CCCC(N(C)C)C2)CCCOC1. The Bertz CT molecular complexity index is 290. The molecule has 124 valence electrons. The Kier molecular flexibility index (Phi) is 6.93. The van der Waals surface area contributed by atoms with Crippen LogP contribution in [0.2, 0.25) is 0 Å². The largest absolute Gasteiger partial charge is 0.381 e. The molecule has 2 heterocycles. The molecule has 2 aliphatic heterocycles. The molecule has 0 saturated carbocycles. The summed E-state index contributed by atoms with van der Waals surface area (Å²) < 4.78 is 5.85. The number of likely N-dealkylation sites (tertiary alicyclic amines) is 1. The smallest absolute Gasteiger partial charge is 0.0546 e. The van der Waals surface area contributed by atoms with Crippen LogP contribution in [-0.4, -0.2) is 75.9 Å². The van der Waals surface area contributed by atoms with Crippen LogP contribution in [0, 0.1) is 5.41 Å². The second-order valence-corrected chi connectivity index (χ2v) is 7.33. The third kappa shape index (κ3) is 5.20. The lowest BCUT2D eigenvalue weighted by Gasteiger charge is -2.44. The molecule has 0 aromatic carbocycles. The molecule has 21 heavy (non-hydrogen) atoms. The van der Waals surface area contributed by atoms with Gasteiger partial charge >= 0.3 is 0 Å². The van der Waals surface area contributed by atoms with Gasteiger partial charge in [-0.15, -0.1) is 0 Å². The fourth-order valence-electron chi connectivity index (χ4n) is 3.83. The molecule has 2 saturated heterocycles. The number of nitrogens with zero attached hydrogens (tertiary/aromatic N) is 2. The lowest BCUT2D eigenvalue weighted by Crippen LogP contribution is -2.53. The van der Waals surface area contributed by atoms with Crippen LogP contribution < -0.4 is 5.32 Å². The highest BCUT2D eigenvalue weighted by Gasteiger charge is 2.36. The highest BCUT2D eigenvalue weighted by molar-refractivity contribution is 4.89. The van der Waals surface area contributed by atoms with Gasteiger partial charge in [0.2, 0.25) is 0 Å². The number of likely N-dealkylation sites (N-methyl/N-ethyl adjacent to an activating group) is 1. The van der Waals surface area contributed by atoms with Gasteiger partial charge in [0.25, 0.3) is 0 Å². The van der Waals surface area contributed by atoms with Crippen LogP contribution >= 0.6 is 0 Å². The van der Waals surface area contributed by atoms with Crippen LogP contribution in [0.5, 0.6) is 0 Å². The first-order valence-corrected chi connectivity index (χ1v) is 8.82. The average Bonchev–Trinajstić information content (AvgIpc) is 2.48. The van der Waals surface area contributed by atoms with E-state index >= 15 is 0 Å². The van der Waals surface area contributed by atoms with Crippen molar-refractivity contribution in [3.05, 3.63) is 0 Å². The van der Waals surface area contributed by atoms with Crippen molar-refractivity contribution in [3.63, 3.8) is 0 Å². The van der Waals surface area contributed by atoms with E-state index in [0.717, 1.165) is 32.3 Å². The summed E-state index contributed by atoms with van der Waals surface area (Å²) in [6, 6.07) is 0.726. The van der Waals surface area contributed by atoms with E-state index in [1.807, 2.05) is 0 Å². The van der Waals surface area contributed by atoms with Crippen LogP contribution in [0.25, 0.3) is 0 Å². The van der Waals surface area contributed by atoms with Gasteiger partial charge in [-0.2, -0.15) is 0 Å². The Morgan fingerprint density at radius 2 is 2.19 bits per heavy atom. The highest BCUT2D eigenvalue weighted by Crippen LogP contribution is 2.30. The van der Waals surface area contributed by atoms with Gasteiger partial charge in [0, 0.05) is 37.7 Å². The van der Waals surface area contributed by atoms with Crippen molar-refractivity contribution in [2.24, 2.45) is 5.41 Å². The van der Waals surface area contributed by atoms with Crippen molar-refractivity contribution in [1.29, 1.82) is 0 Å². The standard InChI is InChI=1S/C17H35N3O/c1-4-9-18-13-17(8-6-11-21-15-17)14-20-10-5-7-16(12-20)19(2)3/h16,18H,4-15H2,1-3H3. The quantitative estimate of drug-likeness (QED) is 0.725. The van der Waals surface area contributed by atoms with Gasteiger partial charge < -0.3 is 19.9 Å². The van der Waals surface area contributed by atoms with Crippen LogP contribution in [0.3, 0.4) is 0 Å². The Morgan fingerprint density at radius 1 is 1.33 bits per heavy atom. The molecule has 2 rings (SSSR count). The van der Waals surface area contributed by atoms with Crippen LogP contribution in [0.1, 0.15) is 39.0 Å². The maximum Gasteiger partial charge on any atom is 0.0546 e. The molecule has 4 nitrogen and oxygen atoms in total. The first kappa shape index (κ1) is 17.2. The van der Waals surface area contributed by atoms with Gasteiger partial charge in [-0.3, -0.25) is 0 Å². The molecular formula is C17H35N3O. The molecular weight excluding hydrogens is 262 g/mol. The first-order valence-electron chi connectivity index (χ1n) is 8.82. The molecule has 2 atom stereocenters. The van der Waals surface area contributed by atoms with Gasteiger partial charge in [-0.25, -0.2) is 0 Å². The molecule has 0 radical (unpaired) electrons. The van der Waals surface area contributed by atoms with E-state index in [-0.39, 0.29) is 0 Å². The van der Waals surface area contributed by atoms with E-state index in [1.165, 1.54) is 51.7 Å². The maximum atomic E-state index is 5.85. The van der Waals surface area contributed by atoms with E-state index in [2.05, 4.69) is 36.1 Å². The molecule has 0 spiro atoms. The lowest BCUT2D eigenvalue weighted by molar-refractivity contribution is -0.0331. The second kappa shape index (κ2) is 8.47. The van der Waals surface area contributed by atoms with E-state index in [1.54, 1.807) is 0 Å². The minimum Gasteiger partial charge on any atom is -0.381 e. The third-order valence-electron chi connectivity index (χ3n) is 5.10. The Labute approximate surface area is 131 Å². The molecule has 1 N–H and O–H groups in total. The van der Waals surface area contributed by atoms with Crippen LogP contribution in [0.15, 0.2) is 0 Å². The van der Waals surface area contributed by atoms with Gasteiger partial charge in [0.1, 0.15) is 0 Å². The van der Waals surface area contributed by atoms with Crippen molar-refractivity contribution in [1.82, 2.24) is 15.1 Å². The van der Waals surface area contributed by atoms with E-state index in [9.17, 15) is 0 Å². The molecule has 2 fully saturated rings. The summed E-state index contributed by atoms with van der Waals surface area (Å²) >= 11 is 0. The first-order chi connectivity index (χ1) is 10.2. The number of hydrogen-bond donors (Lipinski definition) is 1. The Morgan fingerprint density at radius 3 is 2.86 bits per heavy atom. The predicted molar refractivity (Wildman–Crippen MR) is 88.8 cm³/mol. The highest BCUT2D eigenvalue weighted by atomic mass is 16.5. The molecule has 0 aliphatic carbocycles. The Hall–Kier alpha value is -0.160. The number of nitrogens with one attached hydrogen (secondary N) is 1. The zero-order valence-electron chi connectivity index (χ0n) is 14.4. The monoisotopic (exact) mass is 297 g/mol. The molecule has 0 aromatic rings. The number of ether oxygens (including phenoxy) is 1. The Balaban J connectivity index is 1.90. The summed E-state index contributed by atoms with van der Waals surface area (Å²) in [5.74, 6) is 0. The maximum absolute atomic E-state index is 5.85. The summed E-state index contributed by atoms with van der Waals surface area (Å²) in [5, 5.41) is 3.65. The summed E-state index contributed by atoms with van der Waals surface area (Å²) in [6.07, 6.45) is 6.43. The molecule has 4 heteroatoms. The van der Waals surface area contributed by atoms with Crippen molar-refractivity contribution in [2.45, 2.75) is 45.1 Å². The van der Waals surface area contributed by atoms with Gasteiger partial charge in [-0.1, -0.05) is 6.92 Å². The number of rotatable bonds is 7. The molecule has 0 amide bonds. The third-order valence-corrected chi connectivity index (χ3v) is 5.10. The van der Waals surface area contributed by atoms with E-state index < -0.39 is 0 Å². The van der Waals surface area contributed by atoms with Crippen molar-refractivity contribution < 1.29 is 4.74 Å². The van der Waals surface area contributed by atoms with Gasteiger partial charge in [0.15, 0.2) is 0 Å². The fraction of sp³-hybridized carbons (Fsp3) is 1.00. The average molecular weight is 297 g/mol. The fourth-order valence-corrected chi connectivity index (χ4v) is 3.83. The number of piperidine rings is 1. The van der Waals surface area contributed by atoms with Crippen molar-refractivity contribution >= 4 is 0 Å². The molecule has 0 bridgehead atoms. The normalized spacial score (nSPS) is 31.7. The second-order valence-electron chi connectivity index (χ2n) is 7.33. The lowest BCUT2D eigenvalue weighted by atomic mass is 9.81. The van der Waals surface area contributed by atoms with Crippen LogP contribution in [0.4, 0.5) is 0 Å². The van der Waals surface area contributed by atoms with E-state index in [4.69, 9.17) is 4.74 Å². The minimum absolute atomic E-state index is 0.335. The summed E-state index contributed by atoms with van der Waals surface area (Å²) in [6.45, 7) is 10.1. The minimum atomic E-state index is 0.335. The summed E-state index contributed by atoms with van der Waals surface area (Å²) in [4.78, 5) is 5.09.